The topological polar surface area (TPSA) is 107 Å². The standard InChI is InChI=1S/C11H9NO6/c13-8-5-11(12(16)17,6-10(14)15)18-9-4-2-1-3-7(8)9/h1-4H,5-6H2,(H,14,15). The highest BCUT2D eigenvalue weighted by Crippen LogP contribution is 2.35. The van der Waals surface area contributed by atoms with Gasteiger partial charge in [0.25, 0.3) is 0 Å². The van der Waals surface area contributed by atoms with Gasteiger partial charge in [-0.2, -0.15) is 0 Å². The third-order valence-corrected chi connectivity index (χ3v) is 2.68. The second-order valence-electron chi connectivity index (χ2n) is 3.97. The summed E-state index contributed by atoms with van der Waals surface area (Å²) in [6.45, 7) is 0. The maximum atomic E-state index is 11.8. The number of carboxylic acid groups (broad SMARTS) is 1. The number of carbonyl (C=O) groups excluding carboxylic acids is 1. The number of nitrogens with zero attached hydrogens (tertiary/aromatic N) is 1. The van der Waals surface area contributed by atoms with Crippen molar-refractivity contribution in [2.45, 2.75) is 18.6 Å². The summed E-state index contributed by atoms with van der Waals surface area (Å²) in [6.07, 6.45) is -1.44. The average Bonchev–Trinajstić information content (AvgIpc) is 2.28. The van der Waals surface area contributed by atoms with E-state index in [1.165, 1.54) is 12.1 Å². The Morgan fingerprint density at radius 3 is 2.78 bits per heavy atom. The van der Waals surface area contributed by atoms with E-state index in [1.807, 2.05) is 0 Å². The second-order valence-corrected chi connectivity index (χ2v) is 3.97. The number of aliphatic carboxylic acids is 1. The number of nitro groups is 1. The fraction of sp³-hybridized carbons (Fsp3) is 0.273. The van der Waals surface area contributed by atoms with Crippen LogP contribution in [0.5, 0.6) is 5.75 Å². The molecule has 0 bridgehead atoms. The summed E-state index contributed by atoms with van der Waals surface area (Å²) >= 11 is 0. The van der Waals surface area contributed by atoms with Crippen LogP contribution < -0.4 is 4.74 Å². The molecule has 1 aliphatic heterocycles. The lowest BCUT2D eigenvalue weighted by molar-refractivity contribution is -0.614. The monoisotopic (exact) mass is 251 g/mol. The first-order valence-electron chi connectivity index (χ1n) is 5.12. The van der Waals surface area contributed by atoms with Crippen LogP contribution in [0.25, 0.3) is 0 Å². The predicted octanol–water partition coefficient (Wildman–Crippen LogP) is 1.10. The Morgan fingerprint density at radius 1 is 1.50 bits per heavy atom. The molecule has 0 aliphatic carbocycles. The van der Waals surface area contributed by atoms with Gasteiger partial charge >= 0.3 is 11.7 Å². The van der Waals surface area contributed by atoms with Crippen LogP contribution in [0, 0.1) is 10.1 Å². The van der Waals surface area contributed by atoms with Gasteiger partial charge in [0.1, 0.15) is 12.2 Å². The largest absolute Gasteiger partial charge is 0.481 e. The van der Waals surface area contributed by atoms with Crippen LogP contribution >= 0.6 is 0 Å². The van der Waals surface area contributed by atoms with Crippen LogP contribution in [-0.4, -0.2) is 27.5 Å². The molecule has 1 unspecified atom stereocenters. The number of carbonyl (C=O) groups is 2. The normalized spacial score (nSPS) is 21.9. The van der Waals surface area contributed by atoms with Gasteiger partial charge in [-0.3, -0.25) is 19.7 Å². The van der Waals surface area contributed by atoms with Gasteiger partial charge < -0.3 is 9.84 Å². The third-order valence-electron chi connectivity index (χ3n) is 2.68. The number of hydrogen-bond donors (Lipinski definition) is 1. The number of Topliss-reactive ketones (excluding diaryl/α,β-unsaturated/α-hetero) is 1. The molecular weight excluding hydrogens is 242 g/mol. The molecule has 1 aliphatic rings. The number of ether oxygens (including phenoxy) is 1. The molecule has 7 nitrogen and oxygen atoms in total. The summed E-state index contributed by atoms with van der Waals surface area (Å²) in [4.78, 5) is 32.7. The highest BCUT2D eigenvalue weighted by atomic mass is 16.7. The van der Waals surface area contributed by atoms with Crippen LogP contribution in [0.15, 0.2) is 24.3 Å². The summed E-state index contributed by atoms with van der Waals surface area (Å²) < 4.78 is 5.16. The molecule has 1 atom stereocenters. The molecule has 0 fully saturated rings. The SMILES string of the molecule is O=C(O)CC1([N+](=O)[O-])CC(=O)c2ccccc2O1. The first-order chi connectivity index (χ1) is 8.44. The maximum Gasteiger partial charge on any atom is 0.380 e. The van der Waals surface area contributed by atoms with Crippen molar-refractivity contribution < 1.29 is 24.4 Å². The number of rotatable bonds is 3. The van der Waals surface area contributed by atoms with Crippen molar-refractivity contribution in [3.63, 3.8) is 0 Å². The number of fused-ring (bicyclic) bond motifs is 1. The van der Waals surface area contributed by atoms with Crippen molar-refractivity contribution in [3.05, 3.63) is 39.9 Å². The van der Waals surface area contributed by atoms with E-state index >= 15 is 0 Å². The van der Waals surface area contributed by atoms with Gasteiger partial charge in [-0.25, -0.2) is 0 Å². The maximum absolute atomic E-state index is 11.8. The first-order valence-corrected chi connectivity index (χ1v) is 5.12. The van der Waals surface area contributed by atoms with Crippen molar-refractivity contribution in [2.24, 2.45) is 0 Å². The molecule has 2 rings (SSSR count). The van der Waals surface area contributed by atoms with Crippen molar-refractivity contribution in [1.82, 2.24) is 0 Å². The smallest absolute Gasteiger partial charge is 0.380 e. The van der Waals surface area contributed by atoms with E-state index in [0.717, 1.165) is 0 Å². The Labute approximate surface area is 101 Å². The Hall–Kier alpha value is -2.44. The fourth-order valence-corrected chi connectivity index (χ4v) is 1.87. The molecule has 7 heteroatoms. The minimum atomic E-state index is -2.21. The molecule has 0 aromatic heterocycles. The number of benzene rings is 1. The predicted molar refractivity (Wildman–Crippen MR) is 58.0 cm³/mol. The van der Waals surface area contributed by atoms with Gasteiger partial charge in [0, 0.05) is 0 Å². The number of carboxylic acids is 1. The van der Waals surface area contributed by atoms with Crippen molar-refractivity contribution in [2.75, 3.05) is 0 Å². The molecule has 1 heterocycles. The summed E-state index contributed by atoms with van der Waals surface area (Å²) in [5.74, 6) is -1.83. The van der Waals surface area contributed by atoms with E-state index < -0.39 is 35.2 Å². The fourth-order valence-electron chi connectivity index (χ4n) is 1.87. The summed E-state index contributed by atoms with van der Waals surface area (Å²) in [5.41, 5.74) is -1.97. The Balaban J connectivity index is 2.46. The van der Waals surface area contributed by atoms with Crippen LogP contribution in [0.2, 0.25) is 0 Å². The van der Waals surface area contributed by atoms with E-state index in [0.29, 0.717) is 0 Å². The molecule has 94 valence electrons. The third kappa shape index (κ3) is 1.90. The van der Waals surface area contributed by atoms with Gasteiger partial charge in [-0.05, 0) is 12.1 Å². The zero-order valence-corrected chi connectivity index (χ0v) is 9.16. The summed E-state index contributed by atoms with van der Waals surface area (Å²) in [5, 5.41) is 19.8. The first kappa shape index (κ1) is 12.0. The molecule has 0 amide bonds. The van der Waals surface area contributed by atoms with Crippen LogP contribution in [0.1, 0.15) is 23.2 Å². The van der Waals surface area contributed by atoms with Gasteiger partial charge in [-0.1, -0.05) is 12.1 Å². The van der Waals surface area contributed by atoms with E-state index in [9.17, 15) is 19.7 Å². The molecule has 0 radical (unpaired) electrons. The summed E-state index contributed by atoms with van der Waals surface area (Å²) in [6, 6.07) is 6.06. The molecule has 1 aromatic carbocycles. The van der Waals surface area contributed by atoms with Gasteiger partial charge in [0.2, 0.25) is 0 Å². The van der Waals surface area contributed by atoms with E-state index in [4.69, 9.17) is 9.84 Å². The molecule has 1 N–H and O–H groups in total. The van der Waals surface area contributed by atoms with Crippen molar-refractivity contribution in [1.29, 1.82) is 0 Å². The molecule has 0 spiro atoms. The Morgan fingerprint density at radius 2 is 2.17 bits per heavy atom. The number of ketones is 1. The minimum absolute atomic E-state index is 0.0479. The van der Waals surface area contributed by atoms with E-state index in [1.54, 1.807) is 12.1 Å². The quantitative estimate of drug-likeness (QED) is 0.636. The zero-order valence-electron chi connectivity index (χ0n) is 9.16. The van der Waals surface area contributed by atoms with Crippen LogP contribution in [-0.2, 0) is 4.79 Å². The lowest BCUT2D eigenvalue weighted by Gasteiger charge is -2.29. The van der Waals surface area contributed by atoms with E-state index in [2.05, 4.69) is 0 Å². The Bertz CT molecular complexity index is 540. The molecule has 18 heavy (non-hydrogen) atoms. The zero-order chi connectivity index (χ0) is 13.3. The highest BCUT2D eigenvalue weighted by molar-refractivity contribution is 6.00. The molecular formula is C11H9NO6. The molecule has 1 aromatic rings. The summed E-state index contributed by atoms with van der Waals surface area (Å²) in [7, 11) is 0. The van der Waals surface area contributed by atoms with Crippen LogP contribution in [0.4, 0.5) is 0 Å². The molecule has 0 saturated heterocycles. The van der Waals surface area contributed by atoms with Gasteiger partial charge in [0.15, 0.2) is 12.2 Å². The Kier molecular flexibility index (Phi) is 2.74. The highest BCUT2D eigenvalue weighted by Gasteiger charge is 2.53. The van der Waals surface area contributed by atoms with Gasteiger partial charge in [-0.15, -0.1) is 0 Å². The number of para-hydroxylation sites is 1. The lowest BCUT2D eigenvalue weighted by Crippen LogP contribution is -2.50. The minimum Gasteiger partial charge on any atom is -0.481 e. The molecule has 0 saturated carbocycles. The van der Waals surface area contributed by atoms with Crippen molar-refractivity contribution in [3.8, 4) is 5.75 Å². The lowest BCUT2D eigenvalue weighted by atomic mass is 9.94. The number of hydrogen-bond acceptors (Lipinski definition) is 5. The second kappa shape index (κ2) is 4.10. The average molecular weight is 251 g/mol. The van der Waals surface area contributed by atoms with E-state index in [-0.39, 0.29) is 11.3 Å². The van der Waals surface area contributed by atoms with Crippen molar-refractivity contribution >= 4 is 11.8 Å². The van der Waals surface area contributed by atoms with Crippen LogP contribution in [0.3, 0.4) is 0 Å². The van der Waals surface area contributed by atoms with Gasteiger partial charge in [0.05, 0.1) is 10.5 Å².